The number of amides is 1. The SMILES string of the molecule is Cc1cc(Cl)ccc1C(=O)NC1C2CCC(C2)C1CO. The smallest absolute Gasteiger partial charge is 0.251 e. The summed E-state index contributed by atoms with van der Waals surface area (Å²) in [6.45, 7) is 2.07. The van der Waals surface area contributed by atoms with Gasteiger partial charge in [0.15, 0.2) is 0 Å². The van der Waals surface area contributed by atoms with Crippen LogP contribution in [0.15, 0.2) is 18.2 Å². The molecule has 4 heteroatoms. The molecule has 2 saturated carbocycles. The van der Waals surface area contributed by atoms with Crippen LogP contribution in [0.25, 0.3) is 0 Å². The molecule has 2 aliphatic rings. The maximum atomic E-state index is 12.4. The highest BCUT2D eigenvalue weighted by Gasteiger charge is 2.47. The third-order valence-electron chi connectivity index (χ3n) is 5.03. The minimum absolute atomic E-state index is 0.0461. The van der Waals surface area contributed by atoms with Crippen molar-refractivity contribution in [2.45, 2.75) is 32.2 Å². The zero-order valence-electron chi connectivity index (χ0n) is 11.6. The molecule has 1 aromatic rings. The van der Waals surface area contributed by atoms with Crippen molar-refractivity contribution in [2.75, 3.05) is 6.61 Å². The lowest BCUT2D eigenvalue weighted by atomic mass is 9.85. The van der Waals surface area contributed by atoms with Gasteiger partial charge in [0.1, 0.15) is 0 Å². The van der Waals surface area contributed by atoms with E-state index in [1.807, 2.05) is 6.92 Å². The van der Waals surface area contributed by atoms with E-state index in [-0.39, 0.29) is 24.5 Å². The molecule has 0 heterocycles. The highest BCUT2D eigenvalue weighted by molar-refractivity contribution is 6.30. The van der Waals surface area contributed by atoms with Gasteiger partial charge in [-0.15, -0.1) is 0 Å². The van der Waals surface area contributed by atoms with E-state index in [4.69, 9.17) is 11.6 Å². The molecular formula is C16H20ClNO2. The van der Waals surface area contributed by atoms with Gasteiger partial charge >= 0.3 is 0 Å². The second-order valence-corrected chi connectivity index (χ2v) is 6.57. The third-order valence-corrected chi connectivity index (χ3v) is 5.27. The number of rotatable bonds is 3. The quantitative estimate of drug-likeness (QED) is 0.900. The Morgan fingerprint density at radius 2 is 2.15 bits per heavy atom. The lowest BCUT2D eigenvalue weighted by molar-refractivity contribution is 0.0861. The summed E-state index contributed by atoms with van der Waals surface area (Å²) in [5, 5.41) is 13.4. The lowest BCUT2D eigenvalue weighted by Crippen LogP contribution is -2.45. The first-order valence-corrected chi connectivity index (χ1v) is 7.66. The second-order valence-electron chi connectivity index (χ2n) is 6.14. The predicted octanol–water partition coefficient (Wildman–Crippen LogP) is 2.79. The minimum Gasteiger partial charge on any atom is -0.396 e. The van der Waals surface area contributed by atoms with E-state index in [0.29, 0.717) is 22.4 Å². The number of hydrogen-bond donors (Lipinski definition) is 2. The number of aliphatic hydroxyl groups is 1. The Morgan fingerprint density at radius 3 is 2.85 bits per heavy atom. The summed E-state index contributed by atoms with van der Waals surface area (Å²) in [7, 11) is 0. The molecular weight excluding hydrogens is 274 g/mol. The Labute approximate surface area is 124 Å². The van der Waals surface area contributed by atoms with Gasteiger partial charge in [-0.3, -0.25) is 4.79 Å². The van der Waals surface area contributed by atoms with Crippen LogP contribution in [-0.4, -0.2) is 23.7 Å². The number of halogens is 1. The molecule has 0 aliphatic heterocycles. The standard InChI is InChI=1S/C16H20ClNO2/c1-9-6-12(17)4-5-13(9)16(20)18-15-11-3-2-10(7-11)14(15)8-19/h4-6,10-11,14-15,19H,2-3,7-8H2,1H3,(H,18,20). The predicted molar refractivity (Wildman–Crippen MR) is 78.9 cm³/mol. The number of fused-ring (bicyclic) bond motifs is 2. The van der Waals surface area contributed by atoms with Crippen LogP contribution >= 0.6 is 11.6 Å². The molecule has 2 bridgehead atoms. The van der Waals surface area contributed by atoms with Gasteiger partial charge in [-0.2, -0.15) is 0 Å². The van der Waals surface area contributed by atoms with Crippen molar-refractivity contribution >= 4 is 17.5 Å². The van der Waals surface area contributed by atoms with E-state index in [9.17, 15) is 9.90 Å². The van der Waals surface area contributed by atoms with Crippen molar-refractivity contribution in [3.8, 4) is 0 Å². The molecule has 108 valence electrons. The van der Waals surface area contributed by atoms with Crippen molar-refractivity contribution in [1.82, 2.24) is 5.32 Å². The number of hydrogen-bond acceptors (Lipinski definition) is 2. The maximum Gasteiger partial charge on any atom is 0.251 e. The van der Waals surface area contributed by atoms with E-state index in [2.05, 4.69) is 5.32 Å². The molecule has 4 atom stereocenters. The molecule has 3 nitrogen and oxygen atoms in total. The number of carbonyl (C=O) groups is 1. The third kappa shape index (κ3) is 2.33. The van der Waals surface area contributed by atoms with Crippen LogP contribution in [-0.2, 0) is 0 Å². The van der Waals surface area contributed by atoms with Gasteiger partial charge in [0.25, 0.3) is 5.91 Å². The van der Waals surface area contributed by atoms with E-state index in [1.165, 1.54) is 12.8 Å². The van der Waals surface area contributed by atoms with E-state index < -0.39 is 0 Å². The first-order chi connectivity index (χ1) is 9.60. The number of aryl methyl sites for hydroxylation is 1. The summed E-state index contributed by atoms with van der Waals surface area (Å²) in [4.78, 5) is 12.4. The van der Waals surface area contributed by atoms with E-state index >= 15 is 0 Å². The van der Waals surface area contributed by atoms with E-state index in [0.717, 1.165) is 12.0 Å². The molecule has 2 fully saturated rings. The fourth-order valence-corrected chi connectivity index (χ4v) is 4.24. The molecule has 4 unspecified atom stereocenters. The van der Waals surface area contributed by atoms with Gasteiger partial charge in [-0.05, 0) is 61.8 Å². The summed E-state index contributed by atoms with van der Waals surface area (Å²) in [6.07, 6.45) is 3.52. The summed E-state index contributed by atoms with van der Waals surface area (Å²) < 4.78 is 0. The second kappa shape index (κ2) is 5.38. The Balaban J connectivity index is 1.75. The highest BCUT2D eigenvalue weighted by Crippen LogP contribution is 2.48. The van der Waals surface area contributed by atoms with Crippen LogP contribution in [0, 0.1) is 24.7 Å². The minimum atomic E-state index is -0.0461. The molecule has 1 amide bonds. The van der Waals surface area contributed by atoms with Crippen molar-refractivity contribution in [2.24, 2.45) is 17.8 Å². The molecule has 3 rings (SSSR count). The Hall–Kier alpha value is -1.06. The topological polar surface area (TPSA) is 49.3 Å². The zero-order valence-corrected chi connectivity index (χ0v) is 12.4. The number of benzene rings is 1. The highest BCUT2D eigenvalue weighted by atomic mass is 35.5. The fourth-order valence-electron chi connectivity index (χ4n) is 4.01. The van der Waals surface area contributed by atoms with Gasteiger partial charge in [-0.1, -0.05) is 11.6 Å². The average molecular weight is 294 g/mol. The molecule has 20 heavy (non-hydrogen) atoms. The number of carbonyl (C=O) groups excluding carboxylic acids is 1. The van der Waals surface area contributed by atoms with Crippen molar-refractivity contribution in [3.63, 3.8) is 0 Å². The summed E-state index contributed by atoms with van der Waals surface area (Å²) in [5.41, 5.74) is 1.56. The first-order valence-electron chi connectivity index (χ1n) is 7.28. The molecule has 2 N–H and O–H groups in total. The van der Waals surface area contributed by atoms with Crippen LogP contribution in [0.2, 0.25) is 5.02 Å². The number of nitrogens with one attached hydrogen (secondary N) is 1. The fraction of sp³-hybridized carbons (Fsp3) is 0.562. The monoisotopic (exact) mass is 293 g/mol. The summed E-state index contributed by atoms with van der Waals surface area (Å²) >= 11 is 5.92. The van der Waals surface area contributed by atoms with Crippen LogP contribution in [0.1, 0.15) is 35.2 Å². The molecule has 1 aromatic carbocycles. The van der Waals surface area contributed by atoms with Crippen molar-refractivity contribution in [3.05, 3.63) is 34.3 Å². The van der Waals surface area contributed by atoms with Crippen LogP contribution < -0.4 is 5.32 Å². The molecule has 0 saturated heterocycles. The summed E-state index contributed by atoms with van der Waals surface area (Å²) in [6, 6.07) is 5.45. The normalized spacial score (nSPS) is 31.6. The molecule has 0 radical (unpaired) electrons. The largest absolute Gasteiger partial charge is 0.396 e. The first kappa shape index (κ1) is 13.9. The molecule has 2 aliphatic carbocycles. The molecule has 0 aromatic heterocycles. The van der Waals surface area contributed by atoms with Crippen molar-refractivity contribution < 1.29 is 9.90 Å². The Kier molecular flexibility index (Phi) is 3.74. The maximum absolute atomic E-state index is 12.4. The van der Waals surface area contributed by atoms with Gasteiger partial charge in [0.05, 0.1) is 0 Å². The van der Waals surface area contributed by atoms with Crippen LogP contribution in [0.5, 0.6) is 0 Å². The number of aliphatic hydroxyl groups excluding tert-OH is 1. The molecule has 0 spiro atoms. The van der Waals surface area contributed by atoms with Gasteiger partial charge in [0, 0.05) is 29.2 Å². The average Bonchev–Trinajstić information content (AvgIpc) is 2.99. The Bertz CT molecular complexity index is 531. The van der Waals surface area contributed by atoms with E-state index in [1.54, 1.807) is 18.2 Å². The van der Waals surface area contributed by atoms with Gasteiger partial charge in [0.2, 0.25) is 0 Å². The van der Waals surface area contributed by atoms with Crippen LogP contribution in [0.3, 0.4) is 0 Å². The lowest BCUT2D eigenvalue weighted by Gasteiger charge is -2.30. The van der Waals surface area contributed by atoms with Crippen LogP contribution in [0.4, 0.5) is 0 Å². The summed E-state index contributed by atoms with van der Waals surface area (Å²) in [5.74, 6) is 1.30. The zero-order chi connectivity index (χ0) is 14.3. The van der Waals surface area contributed by atoms with Gasteiger partial charge < -0.3 is 10.4 Å². The van der Waals surface area contributed by atoms with Gasteiger partial charge in [-0.25, -0.2) is 0 Å². The Morgan fingerprint density at radius 1 is 1.40 bits per heavy atom. The van der Waals surface area contributed by atoms with Crippen molar-refractivity contribution in [1.29, 1.82) is 0 Å².